The molecule has 0 saturated carbocycles. The molecule has 0 unspecified atom stereocenters. The fraction of sp³-hybridized carbons (Fsp3) is 1.00. The van der Waals surface area contributed by atoms with Gasteiger partial charge in [0.25, 0.3) is 0 Å². The first-order chi connectivity index (χ1) is 5.50. The topological polar surface area (TPSA) is 0 Å². The van der Waals surface area contributed by atoms with Crippen LogP contribution in [-0.2, 0) is 0 Å². The third-order valence-corrected chi connectivity index (χ3v) is 7.22. The van der Waals surface area contributed by atoms with Gasteiger partial charge in [-0.15, -0.1) is 0 Å². The van der Waals surface area contributed by atoms with Gasteiger partial charge in [-0.05, 0) is 0 Å². The van der Waals surface area contributed by atoms with Crippen LogP contribution in [0.2, 0.25) is 8.94 Å². The van der Waals surface area contributed by atoms with Crippen molar-refractivity contribution >= 4 is 44.4 Å². The molecule has 1 rings (SSSR count). The van der Waals surface area contributed by atoms with Gasteiger partial charge in [-0.2, -0.15) is 0 Å². The molecular formula is C8H16S2Te. The summed E-state index contributed by atoms with van der Waals surface area (Å²) < 4.78 is 3.20. The molecule has 0 N–H and O–H groups in total. The van der Waals surface area contributed by atoms with E-state index >= 15 is 0 Å². The molecule has 1 fully saturated rings. The van der Waals surface area contributed by atoms with Crippen molar-refractivity contribution in [2.45, 2.75) is 21.8 Å². The zero-order chi connectivity index (χ0) is 7.78. The monoisotopic (exact) mass is 306 g/mol. The van der Waals surface area contributed by atoms with Crippen molar-refractivity contribution in [1.29, 1.82) is 0 Å². The van der Waals surface area contributed by atoms with Crippen LogP contribution in [0.5, 0.6) is 0 Å². The second kappa shape index (κ2) is 8.10. The van der Waals surface area contributed by atoms with Gasteiger partial charge in [-0.1, -0.05) is 0 Å². The van der Waals surface area contributed by atoms with E-state index in [2.05, 4.69) is 23.5 Å². The van der Waals surface area contributed by atoms with E-state index in [1.54, 1.807) is 8.94 Å². The summed E-state index contributed by atoms with van der Waals surface area (Å²) in [6, 6.07) is 0. The van der Waals surface area contributed by atoms with Gasteiger partial charge in [0, 0.05) is 0 Å². The molecular weight excluding hydrogens is 288 g/mol. The van der Waals surface area contributed by atoms with E-state index in [1.807, 2.05) is 0 Å². The van der Waals surface area contributed by atoms with Crippen molar-refractivity contribution in [2.24, 2.45) is 0 Å². The van der Waals surface area contributed by atoms with Gasteiger partial charge in [-0.3, -0.25) is 0 Å². The van der Waals surface area contributed by atoms with Crippen LogP contribution in [0.1, 0.15) is 12.8 Å². The molecule has 0 radical (unpaired) electrons. The summed E-state index contributed by atoms with van der Waals surface area (Å²) in [5, 5.41) is 0. The summed E-state index contributed by atoms with van der Waals surface area (Å²) in [7, 11) is 0. The molecule has 0 bridgehead atoms. The van der Waals surface area contributed by atoms with Crippen molar-refractivity contribution in [3.05, 3.63) is 0 Å². The number of hydrogen-bond donors (Lipinski definition) is 0. The van der Waals surface area contributed by atoms with Gasteiger partial charge in [0.05, 0.1) is 0 Å². The first kappa shape index (κ1) is 10.6. The third kappa shape index (κ3) is 6.63. The molecule has 0 aromatic rings. The van der Waals surface area contributed by atoms with E-state index < -0.39 is 0 Å². The summed E-state index contributed by atoms with van der Waals surface area (Å²) >= 11 is 4.76. The van der Waals surface area contributed by atoms with E-state index in [-0.39, 0.29) is 0 Å². The maximum atomic E-state index is 2.16. The number of hydrogen-bond acceptors (Lipinski definition) is 2. The third-order valence-electron chi connectivity index (χ3n) is 1.53. The molecule has 3 heteroatoms. The first-order valence-electron chi connectivity index (χ1n) is 4.23. The SMILES string of the molecule is C1CSCCSCCC[Te]C1. The van der Waals surface area contributed by atoms with E-state index in [0.717, 1.165) is 0 Å². The Kier molecular flexibility index (Phi) is 7.79. The van der Waals surface area contributed by atoms with Crippen molar-refractivity contribution in [3.8, 4) is 0 Å². The van der Waals surface area contributed by atoms with Crippen molar-refractivity contribution in [1.82, 2.24) is 0 Å². The van der Waals surface area contributed by atoms with E-state index in [4.69, 9.17) is 0 Å². The molecule has 1 saturated heterocycles. The average molecular weight is 304 g/mol. The molecule has 0 aromatic heterocycles. The van der Waals surface area contributed by atoms with Gasteiger partial charge < -0.3 is 0 Å². The number of thioether (sulfide) groups is 2. The molecule has 1 heterocycles. The van der Waals surface area contributed by atoms with Crippen LogP contribution in [0.3, 0.4) is 0 Å². The van der Waals surface area contributed by atoms with Gasteiger partial charge >= 0.3 is 89.2 Å². The fourth-order valence-electron chi connectivity index (χ4n) is 0.950. The summed E-state index contributed by atoms with van der Waals surface area (Å²) in [4.78, 5) is 0. The second-order valence-corrected chi connectivity index (χ2v) is 8.49. The Morgan fingerprint density at radius 3 is 1.82 bits per heavy atom. The molecule has 0 amide bonds. The normalized spacial score (nSPS) is 24.0. The molecule has 66 valence electrons. The van der Waals surface area contributed by atoms with Crippen LogP contribution >= 0.6 is 23.5 Å². The van der Waals surface area contributed by atoms with Crippen molar-refractivity contribution in [3.63, 3.8) is 0 Å². The Bertz CT molecular complexity index is 50.1. The van der Waals surface area contributed by atoms with Crippen molar-refractivity contribution in [2.75, 3.05) is 23.0 Å². The molecule has 0 nitrogen and oxygen atoms in total. The van der Waals surface area contributed by atoms with Crippen LogP contribution in [-0.4, -0.2) is 43.9 Å². The average Bonchev–Trinajstić information content (AvgIpc) is 2.08. The second-order valence-electron chi connectivity index (χ2n) is 2.54. The zero-order valence-electron chi connectivity index (χ0n) is 6.88. The zero-order valence-corrected chi connectivity index (χ0v) is 10.8. The standard InChI is InChI=1S/C8H16S2Te/c1-3-9-5-6-10-4-2-8-11-7-1/h1-8H2. The Morgan fingerprint density at radius 2 is 1.27 bits per heavy atom. The van der Waals surface area contributed by atoms with Crippen LogP contribution in [0.25, 0.3) is 0 Å². The fourth-order valence-corrected chi connectivity index (χ4v) is 6.71. The quantitative estimate of drug-likeness (QED) is 0.631. The molecule has 0 aliphatic carbocycles. The minimum absolute atomic E-state index is 0.442. The predicted octanol–water partition coefficient (Wildman–Crippen LogP) is 2.79. The molecule has 0 atom stereocenters. The maximum absolute atomic E-state index is 2.16. The molecule has 0 aromatic carbocycles. The van der Waals surface area contributed by atoms with Crippen LogP contribution in [0.4, 0.5) is 0 Å². The summed E-state index contributed by atoms with van der Waals surface area (Å²) in [6.45, 7) is 0. The molecule has 1 aliphatic rings. The predicted molar refractivity (Wildman–Crippen MR) is 59.3 cm³/mol. The van der Waals surface area contributed by atoms with Crippen LogP contribution in [0, 0.1) is 0 Å². The Labute approximate surface area is 88.7 Å². The van der Waals surface area contributed by atoms with Gasteiger partial charge in [0.15, 0.2) is 0 Å². The Morgan fingerprint density at radius 1 is 0.727 bits per heavy atom. The van der Waals surface area contributed by atoms with Crippen molar-refractivity contribution < 1.29 is 0 Å². The molecule has 11 heavy (non-hydrogen) atoms. The van der Waals surface area contributed by atoms with Gasteiger partial charge in [-0.25, -0.2) is 0 Å². The first-order valence-corrected chi connectivity index (χ1v) is 9.84. The van der Waals surface area contributed by atoms with E-state index in [1.165, 1.54) is 35.9 Å². The van der Waals surface area contributed by atoms with E-state index in [0.29, 0.717) is 20.9 Å². The summed E-state index contributed by atoms with van der Waals surface area (Å²) in [5.74, 6) is 5.66. The van der Waals surface area contributed by atoms with Crippen LogP contribution < -0.4 is 0 Å². The minimum atomic E-state index is 0.442. The van der Waals surface area contributed by atoms with Gasteiger partial charge in [0.1, 0.15) is 0 Å². The summed E-state index contributed by atoms with van der Waals surface area (Å²) in [6.07, 6.45) is 3.02. The number of rotatable bonds is 0. The molecule has 0 spiro atoms. The van der Waals surface area contributed by atoms with Gasteiger partial charge in [0.2, 0.25) is 0 Å². The Balaban J connectivity index is 2.02. The summed E-state index contributed by atoms with van der Waals surface area (Å²) in [5.41, 5.74) is 0. The molecule has 1 aliphatic heterocycles. The van der Waals surface area contributed by atoms with E-state index in [9.17, 15) is 0 Å². The van der Waals surface area contributed by atoms with Crippen LogP contribution in [0.15, 0.2) is 0 Å². The Hall–Kier alpha value is 1.49.